The summed E-state index contributed by atoms with van der Waals surface area (Å²) < 4.78 is 4.92. The van der Waals surface area contributed by atoms with Crippen molar-refractivity contribution in [3.63, 3.8) is 0 Å². The van der Waals surface area contributed by atoms with Crippen molar-refractivity contribution in [3.05, 3.63) is 199 Å². The first kappa shape index (κ1) is 30.8. The van der Waals surface area contributed by atoms with Gasteiger partial charge >= 0.3 is 0 Å². The van der Waals surface area contributed by atoms with Crippen molar-refractivity contribution in [3.8, 4) is 22.5 Å². The number of anilines is 3. The Morgan fingerprint density at radius 1 is 0.352 bits per heavy atom. The number of aromatic nitrogens is 2. The van der Waals surface area contributed by atoms with Crippen LogP contribution in [0.1, 0.15) is 25.0 Å². The minimum atomic E-state index is -0.183. The van der Waals surface area contributed by atoms with Crippen LogP contribution >= 0.6 is 0 Å². The summed E-state index contributed by atoms with van der Waals surface area (Å²) in [6, 6.07) is 68.8. The normalized spacial score (nSPS) is 13.5. The standard InChI is InChI=1S/C51H37N3/c1-51(2)43-23-13-15-25-47(43)52(36-16-6-3-7-17-36)48-31-27-35(33-44(48)51)34-26-30-46-42(32-34)41-29-28-40-39-22-12-14-24-45(39)53(37-18-8-4-9-19-37)49(40)50(41)54(46)38-20-10-5-11-21-38/h3-33H,1-2H3. The summed E-state index contributed by atoms with van der Waals surface area (Å²) in [5.41, 5.74) is 15.7. The third-order valence-corrected chi connectivity index (χ3v) is 11.7. The molecule has 54 heavy (non-hydrogen) atoms. The van der Waals surface area contributed by atoms with Gasteiger partial charge in [0.05, 0.1) is 33.4 Å². The molecule has 256 valence electrons. The van der Waals surface area contributed by atoms with Crippen LogP contribution in [-0.2, 0) is 5.41 Å². The highest BCUT2D eigenvalue weighted by Crippen LogP contribution is 2.53. The topological polar surface area (TPSA) is 13.1 Å². The molecule has 11 rings (SSSR count). The zero-order valence-corrected chi connectivity index (χ0v) is 30.2. The smallest absolute Gasteiger partial charge is 0.0788 e. The molecule has 0 bridgehead atoms. The number of para-hydroxylation sites is 5. The molecule has 0 aliphatic carbocycles. The molecule has 3 heteroatoms. The minimum absolute atomic E-state index is 0.183. The molecule has 0 unspecified atom stereocenters. The summed E-state index contributed by atoms with van der Waals surface area (Å²) in [5.74, 6) is 0. The summed E-state index contributed by atoms with van der Waals surface area (Å²) in [6.07, 6.45) is 0. The lowest BCUT2D eigenvalue weighted by Crippen LogP contribution is -2.30. The fourth-order valence-corrected chi connectivity index (χ4v) is 9.16. The monoisotopic (exact) mass is 691 g/mol. The van der Waals surface area contributed by atoms with Crippen LogP contribution in [0, 0.1) is 0 Å². The first-order valence-electron chi connectivity index (χ1n) is 18.8. The van der Waals surface area contributed by atoms with E-state index in [1.54, 1.807) is 0 Å². The molecule has 1 aliphatic rings. The van der Waals surface area contributed by atoms with E-state index in [4.69, 9.17) is 0 Å². The van der Waals surface area contributed by atoms with Gasteiger partial charge in [0.2, 0.25) is 0 Å². The zero-order chi connectivity index (χ0) is 36.0. The number of fused-ring (bicyclic) bond motifs is 9. The summed E-state index contributed by atoms with van der Waals surface area (Å²) >= 11 is 0. The van der Waals surface area contributed by atoms with Crippen LogP contribution in [0.3, 0.4) is 0 Å². The maximum absolute atomic E-state index is 2.47. The van der Waals surface area contributed by atoms with Gasteiger partial charge in [0.1, 0.15) is 0 Å². The second kappa shape index (κ2) is 11.6. The predicted octanol–water partition coefficient (Wildman–Crippen LogP) is 13.7. The Labute approximate surface area is 314 Å². The van der Waals surface area contributed by atoms with Gasteiger partial charge in [-0.1, -0.05) is 129 Å². The largest absolute Gasteiger partial charge is 0.310 e. The van der Waals surface area contributed by atoms with E-state index in [-0.39, 0.29) is 5.41 Å². The molecule has 0 atom stereocenters. The fourth-order valence-electron chi connectivity index (χ4n) is 9.16. The fraction of sp³-hybridized carbons (Fsp3) is 0.0588. The Kier molecular flexibility index (Phi) is 6.60. The van der Waals surface area contributed by atoms with Gasteiger partial charge < -0.3 is 14.0 Å². The van der Waals surface area contributed by atoms with E-state index in [2.05, 4.69) is 216 Å². The lowest BCUT2D eigenvalue weighted by atomic mass is 9.73. The molecular weight excluding hydrogens is 655 g/mol. The van der Waals surface area contributed by atoms with Crippen molar-refractivity contribution in [2.45, 2.75) is 19.3 Å². The maximum atomic E-state index is 2.47. The Hall–Kier alpha value is -6.84. The van der Waals surface area contributed by atoms with Gasteiger partial charge in [-0.15, -0.1) is 0 Å². The van der Waals surface area contributed by atoms with Crippen LogP contribution in [0.4, 0.5) is 17.1 Å². The SMILES string of the molecule is CC1(C)c2ccccc2N(c2ccccc2)c2ccc(-c3ccc4c(c3)c3ccc5c6ccccc6n(-c6ccccc6)c5c3n4-c3ccccc3)cc21. The molecule has 2 aromatic heterocycles. The Morgan fingerprint density at radius 2 is 0.852 bits per heavy atom. The third kappa shape index (κ3) is 4.36. The molecule has 10 aromatic rings. The van der Waals surface area contributed by atoms with Gasteiger partial charge in [0, 0.05) is 44.0 Å². The van der Waals surface area contributed by atoms with Gasteiger partial charge in [-0.2, -0.15) is 0 Å². The van der Waals surface area contributed by atoms with Gasteiger partial charge in [-0.3, -0.25) is 0 Å². The van der Waals surface area contributed by atoms with Crippen molar-refractivity contribution in [2.24, 2.45) is 0 Å². The summed E-state index contributed by atoms with van der Waals surface area (Å²) in [4.78, 5) is 2.42. The number of rotatable bonds is 4. The molecule has 1 aliphatic heterocycles. The highest BCUT2D eigenvalue weighted by atomic mass is 15.2. The number of nitrogens with zero attached hydrogens (tertiary/aromatic N) is 3. The zero-order valence-electron chi connectivity index (χ0n) is 30.2. The van der Waals surface area contributed by atoms with E-state index in [1.165, 1.54) is 82.9 Å². The minimum Gasteiger partial charge on any atom is -0.310 e. The highest BCUT2D eigenvalue weighted by Gasteiger charge is 2.37. The van der Waals surface area contributed by atoms with Crippen LogP contribution in [0.2, 0.25) is 0 Å². The number of hydrogen-bond donors (Lipinski definition) is 0. The van der Waals surface area contributed by atoms with Gasteiger partial charge in [-0.25, -0.2) is 0 Å². The molecule has 8 aromatic carbocycles. The molecule has 0 fully saturated rings. The molecule has 3 heterocycles. The maximum Gasteiger partial charge on any atom is 0.0788 e. The van der Waals surface area contributed by atoms with E-state index in [9.17, 15) is 0 Å². The first-order chi connectivity index (χ1) is 26.6. The Bertz CT molecular complexity index is 3060. The van der Waals surface area contributed by atoms with Crippen LogP contribution < -0.4 is 4.90 Å². The average Bonchev–Trinajstić information content (AvgIpc) is 3.75. The Morgan fingerprint density at radius 3 is 1.54 bits per heavy atom. The van der Waals surface area contributed by atoms with Gasteiger partial charge in [0.15, 0.2) is 0 Å². The summed E-state index contributed by atoms with van der Waals surface area (Å²) in [5, 5.41) is 4.99. The molecule has 0 N–H and O–H groups in total. The average molecular weight is 692 g/mol. The van der Waals surface area contributed by atoms with E-state index < -0.39 is 0 Å². The molecule has 0 radical (unpaired) electrons. The van der Waals surface area contributed by atoms with Crippen LogP contribution in [0.5, 0.6) is 0 Å². The van der Waals surface area contributed by atoms with Crippen LogP contribution in [0.25, 0.3) is 66.1 Å². The second-order valence-corrected chi connectivity index (χ2v) is 15.0. The van der Waals surface area contributed by atoms with Crippen molar-refractivity contribution in [1.29, 1.82) is 0 Å². The van der Waals surface area contributed by atoms with Crippen molar-refractivity contribution in [2.75, 3.05) is 4.90 Å². The van der Waals surface area contributed by atoms with Crippen molar-refractivity contribution >= 4 is 60.7 Å². The van der Waals surface area contributed by atoms with Crippen molar-refractivity contribution in [1.82, 2.24) is 9.13 Å². The molecule has 0 saturated carbocycles. The Balaban J connectivity index is 1.18. The lowest BCUT2D eigenvalue weighted by molar-refractivity contribution is 0.632. The first-order valence-corrected chi connectivity index (χ1v) is 18.8. The predicted molar refractivity (Wildman–Crippen MR) is 227 cm³/mol. The molecule has 0 amide bonds. The summed E-state index contributed by atoms with van der Waals surface area (Å²) in [7, 11) is 0. The molecule has 3 nitrogen and oxygen atoms in total. The molecule has 0 spiro atoms. The second-order valence-electron chi connectivity index (χ2n) is 15.0. The third-order valence-electron chi connectivity index (χ3n) is 11.7. The lowest BCUT2D eigenvalue weighted by Gasteiger charge is -2.42. The molecular formula is C51H37N3. The quantitative estimate of drug-likeness (QED) is 0.179. The number of benzene rings is 8. The van der Waals surface area contributed by atoms with Crippen LogP contribution in [-0.4, -0.2) is 9.13 Å². The molecule has 0 saturated heterocycles. The highest BCUT2D eigenvalue weighted by molar-refractivity contribution is 6.24. The van der Waals surface area contributed by atoms with Gasteiger partial charge in [-0.05, 0) is 95.1 Å². The van der Waals surface area contributed by atoms with Gasteiger partial charge in [0.25, 0.3) is 0 Å². The van der Waals surface area contributed by atoms with Crippen LogP contribution in [0.15, 0.2) is 188 Å². The van der Waals surface area contributed by atoms with E-state index in [0.717, 1.165) is 11.4 Å². The van der Waals surface area contributed by atoms with Crippen molar-refractivity contribution < 1.29 is 0 Å². The van der Waals surface area contributed by atoms with E-state index in [0.29, 0.717) is 0 Å². The van der Waals surface area contributed by atoms with E-state index in [1.807, 2.05) is 0 Å². The van der Waals surface area contributed by atoms with E-state index >= 15 is 0 Å². The summed E-state index contributed by atoms with van der Waals surface area (Å²) in [6.45, 7) is 4.73. The number of hydrogen-bond acceptors (Lipinski definition) is 1.